The lowest BCUT2D eigenvalue weighted by Crippen LogP contribution is -2.43. The minimum Gasteiger partial charge on any atom is -0.414 e. The van der Waals surface area contributed by atoms with E-state index in [0.717, 1.165) is 6.42 Å². The normalized spacial score (nSPS) is 24.4. The van der Waals surface area contributed by atoms with Gasteiger partial charge in [-0.2, -0.15) is 0 Å². The van der Waals surface area contributed by atoms with E-state index >= 15 is 0 Å². The Labute approximate surface area is 150 Å². The zero-order chi connectivity index (χ0) is 18.8. The second-order valence-corrected chi connectivity index (χ2v) is 13.0. The second kappa shape index (κ2) is 7.43. The third kappa shape index (κ3) is 4.59. The Balaban J connectivity index is 2.13. The number of nitrogens with zero attached hydrogens (tertiary/aromatic N) is 1. The average molecular weight is 367 g/mol. The first-order valence-corrected chi connectivity index (χ1v) is 11.7. The van der Waals surface area contributed by atoms with E-state index in [1.54, 1.807) is 0 Å². The molecule has 1 aromatic heterocycles. The van der Waals surface area contributed by atoms with Crippen molar-refractivity contribution in [2.24, 2.45) is 5.92 Å². The van der Waals surface area contributed by atoms with Crippen LogP contribution >= 0.6 is 0 Å². The largest absolute Gasteiger partial charge is 0.414 e. The Kier molecular flexibility index (Phi) is 5.91. The third-order valence-corrected chi connectivity index (χ3v) is 9.91. The Bertz CT molecular complexity index is 717. The monoisotopic (exact) mass is 366 g/mol. The van der Waals surface area contributed by atoms with Gasteiger partial charge >= 0.3 is 5.69 Å². The van der Waals surface area contributed by atoms with Gasteiger partial charge in [0.1, 0.15) is 6.23 Å². The minimum absolute atomic E-state index is 0.0871. The van der Waals surface area contributed by atoms with Gasteiger partial charge in [-0.15, -0.1) is 6.58 Å². The van der Waals surface area contributed by atoms with Gasteiger partial charge in [-0.25, -0.2) is 4.79 Å². The molecule has 0 amide bonds. The highest BCUT2D eigenvalue weighted by atomic mass is 28.4. The van der Waals surface area contributed by atoms with Gasteiger partial charge in [0.05, 0.1) is 12.7 Å². The number of aromatic amines is 1. The van der Waals surface area contributed by atoms with Crippen molar-refractivity contribution >= 4 is 8.32 Å². The Morgan fingerprint density at radius 3 is 2.68 bits per heavy atom. The maximum atomic E-state index is 12.0. The summed E-state index contributed by atoms with van der Waals surface area (Å²) in [6.45, 7) is 15.4. The van der Waals surface area contributed by atoms with Crippen molar-refractivity contribution in [1.29, 1.82) is 0 Å². The molecule has 0 aliphatic carbocycles. The van der Waals surface area contributed by atoms with Crippen molar-refractivity contribution in [3.63, 3.8) is 0 Å². The molecule has 1 fully saturated rings. The lowest BCUT2D eigenvalue weighted by Gasteiger charge is -2.37. The van der Waals surface area contributed by atoms with Crippen molar-refractivity contribution in [1.82, 2.24) is 9.55 Å². The molecule has 140 valence electrons. The van der Waals surface area contributed by atoms with Crippen molar-refractivity contribution in [3.8, 4) is 0 Å². The molecule has 1 aromatic rings. The summed E-state index contributed by atoms with van der Waals surface area (Å²) in [6, 6.07) is 1.34. The van der Waals surface area contributed by atoms with Crippen LogP contribution in [-0.2, 0) is 9.16 Å². The van der Waals surface area contributed by atoms with E-state index in [0.29, 0.717) is 13.0 Å². The highest BCUT2D eigenvalue weighted by Crippen LogP contribution is 2.39. The van der Waals surface area contributed by atoms with Crippen LogP contribution < -0.4 is 11.2 Å². The standard InChI is InChI=1S/C18H30N2O4Si/c1-7-8-13-11-16(20-10-9-15(21)19-17(20)22)24-14(13)12-23-25(5,6)18(2,3)4/h7,9-10,13-14,16H,1,8,11-12H2,2-6H3,(H,19,21,22)/t13-,14+,16+/m0/s1. The Hall–Kier alpha value is -1.44. The first-order chi connectivity index (χ1) is 11.5. The molecular weight excluding hydrogens is 336 g/mol. The van der Waals surface area contributed by atoms with Crippen molar-refractivity contribution < 1.29 is 9.16 Å². The molecule has 0 spiro atoms. The lowest BCUT2D eigenvalue weighted by molar-refractivity contribution is -0.0298. The summed E-state index contributed by atoms with van der Waals surface area (Å²) in [5.74, 6) is 0.242. The van der Waals surface area contributed by atoms with Crippen molar-refractivity contribution in [2.45, 2.75) is 64.1 Å². The molecule has 6 nitrogen and oxygen atoms in total. The van der Waals surface area contributed by atoms with E-state index in [1.807, 2.05) is 6.08 Å². The molecule has 0 saturated carbocycles. The fraction of sp³-hybridized carbons (Fsp3) is 0.667. The maximum Gasteiger partial charge on any atom is 0.330 e. The molecule has 0 bridgehead atoms. The second-order valence-electron chi connectivity index (χ2n) is 8.24. The number of ether oxygens (including phenoxy) is 1. The van der Waals surface area contributed by atoms with Crippen LogP contribution in [0.15, 0.2) is 34.5 Å². The summed E-state index contributed by atoms with van der Waals surface area (Å²) in [7, 11) is -1.87. The van der Waals surface area contributed by atoms with Crippen LogP contribution in [0, 0.1) is 5.92 Å². The van der Waals surface area contributed by atoms with Crippen molar-refractivity contribution in [3.05, 3.63) is 45.8 Å². The van der Waals surface area contributed by atoms with Gasteiger partial charge in [-0.05, 0) is 36.9 Å². The number of H-pyrrole nitrogens is 1. The van der Waals surface area contributed by atoms with Gasteiger partial charge in [0.25, 0.3) is 5.56 Å². The molecule has 0 unspecified atom stereocenters. The summed E-state index contributed by atoms with van der Waals surface area (Å²) < 4.78 is 13.9. The van der Waals surface area contributed by atoms with Gasteiger partial charge in [0.15, 0.2) is 8.32 Å². The number of allylic oxidation sites excluding steroid dienone is 1. The van der Waals surface area contributed by atoms with Crippen LogP contribution in [0.1, 0.15) is 39.8 Å². The summed E-state index contributed by atoms with van der Waals surface area (Å²) in [5, 5.41) is 0.134. The highest BCUT2D eigenvalue weighted by molar-refractivity contribution is 6.74. The summed E-state index contributed by atoms with van der Waals surface area (Å²) in [6.07, 6.45) is 4.40. The first kappa shape index (κ1) is 19.9. The number of aromatic nitrogens is 2. The average Bonchev–Trinajstić information content (AvgIpc) is 2.87. The molecule has 1 saturated heterocycles. The topological polar surface area (TPSA) is 73.3 Å². The van der Waals surface area contributed by atoms with Crippen LogP contribution in [0.5, 0.6) is 0 Å². The van der Waals surface area contributed by atoms with Crippen LogP contribution in [0.4, 0.5) is 0 Å². The molecule has 3 atom stereocenters. The minimum atomic E-state index is -1.87. The van der Waals surface area contributed by atoms with E-state index in [4.69, 9.17) is 9.16 Å². The molecule has 1 aliphatic rings. The summed E-state index contributed by atoms with van der Waals surface area (Å²) >= 11 is 0. The fourth-order valence-electron chi connectivity index (χ4n) is 2.76. The zero-order valence-electron chi connectivity index (χ0n) is 15.9. The highest BCUT2D eigenvalue weighted by Gasteiger charge is 2.41. The predicted octanol–water partition coefficient (Wildman–Crippen LogP) is 3.04. The Morgan fingerprint density at radius 1 is 1.44 bits per heavy atom. The molecule has 2 rings (SSSR count). The van der Waals surface area contributed by atoms with Crippen LogP contribution in [0.2, 0.25) is 18.1 Å². The van der Waals surface area contributed by atoms with Gasteiger partial charge in [-0.1, -0.05) is 26.8 Å². The van der Waals surface area contributed by atoms with Gasteiger partial charge in [0.2, 0.25) is 0 Å². The van der Waals surface area contributed by atoms with Gasteiger partial charge < -0.3 is 9.16 Å². The Morgan fingerprint density at radius 2 is 2.12 bits per heavy atom. The smallest absolute Gasteiger partial charge is 0.330 e. The van der Waals surface area contributed by atoms with Gasteiger partial charge in [0, 0.05) is 12.3 Å². The first-order valence-electron chi connectivity index (χ1n) is 8.77. The van der Waals surface area contributed by atoms with E-state index in [1.165, 1.54) is 16.8 Å². The number of hydrogen-bond acceptors (Lipinski definition) is 4. The molecule has 7 heteroatoms. The number of hydrogen-bond donors (Lipinski definition) is 1. The van der Waals surface area contributed by atoms with E-state index < -0.39 is 19.6 Å². The van der Waals surface area contributed by atoms with Crippen LogP contribution in [-0.4, -0.2) is 30.6 Å². The van der Waals surface area contributed by atoms with E-state index in [2.05, 4.69) is 45.4 Å². The quantitative estimate of drug-likeness (QED) is 0.620. The van der Waals surface area contributed by atoms with Crippen LogP contribution in [0.25, 0.3) is 0 Å². The number of nitrogens with one attached hydrogen (secondary N) is 1. The SMILES string of the molecule is C=CC[C@H]1C[C@H](n2ccc(=O)[nH]c2=O)O[C@@H]1CO[Si](C)(C)C(C)(C)C. The summed E-state index contributed by atoms with van der Waals surface area (Å²) in [5.41, 5.74) is -0.847. The van der Waals surface area contributed by atoms with Crippen molar-refractivity contribution in [2.75, 3.05) is 6.61 Å². The van der Waals surface area contributed by atoms with Gasteiger partial charge in [-0.3, -0.25) is 14.3 Å². The molecule has 25 heavy (non-hydrogen) atoms. The molecule has 0 aromatic carbocycles. The number of rotatable bonds is 6. The molecule has 0 radical (unpaired) electrons. The zero-order valence-corrected chi connectivity index (χ0v) is 16.9. The molecule has 2 heterocycles. The molecular formula is C18H30N2O4Si. The summed E-state index contributed by atoms with van der Waals surface area (Å²) in [4.78, 5) is 25.6. The maximum absolute atomic E-state index is 12.0. The predicted molar refractivity (Wildman–Crippen MR) is 101 cm³/mol. The van der Waals surface area contributed by atoms with Crippen LogP contribution in [0.3, 0.4) is 0 Å². The van der Waals surface area contributed by atoms with E-state index in [9.17, 15) is 9.59 Å². The van der Waals surface area contributed by atoms with E-state index in [-0.39, 0.29) is 23.3 Å². The lowest BCUT2D eigenvalue weighted by atomic mass is 9.97. The molecule has 1 N–H and O–H groups in total. The molecule has 1 aliphatic heterocycles. The third-order valence-electron chi connectivity index (χ3n) is 5.41. The fourth-order valence-corrected chi connectivity index (χ4v) is 3.77.